The van der Waals surface area contributed by atoms with Gasteiger partial charge in [-0.05, 0) is 24.6 Å². The zero-order chi connectivity index (χ0) is 22.9. The maximum absolute atomic E-state index is 12.9. The fourth-order valence-electron chi connectivity index (χ4n) is 2.97. The molecule has 0 heterocycles. The SMILES string of the molecule is C#Cc1c(OCc2ccccc2)cccc1[C@@](C)(OCOCC[Si](C)(C)C)C(=O)CBr. The normalized spacial score (nSPS) is 13.3. The first-order valence-corrected chi connectivity index (χ1v) is 15.1. The van der Waals surface area contributed by atoms with Crippen LogP contribution in [0.1, 0.15) is 23.6 Å². The van der Waals surface area contributed by atoms with E-state index < -0.39 is 13.7 Å². The van der Waals surface area contributed by atoms with E-state index in [1.807, 2.05) is 48.5 Å². The molecule has 0 aliphatic rings. The van der Waals surface area contributed by atoms with E-state index in [0.717, 1.165) is 11.6 Å². The Morgan fingerprint density at radius 3 is 2.45 bits per heavy atom. The van der Waals surface area contributed by atoms with Crippen LogP contribution in [0, 0.1) is 12.3 Å². The molecule has 0 spiro atoms. The van der Waals surface area contributed by atoms with Crippen molar-refractivity contribution in [2.24, 2.45) is 0 Å². The van der Waals surface area contributed by atoms with E-state index in [4.69, 9.17) is 20.6 Å². The minimum Gasteiger partial charge on any atom is -0.488 e. The molecule has 0 saturated carbocycles. The Bertz CT molecular complexity index is 902. The summed E-state index contributed by atoms with van der Waals surface area (Å²) in [7, 11) is -1.20. The van der Waals surface area contributed by atoms with Crippen molar-refractivity contribution in [3.05, 3.63) is 65.2 Å². The number of hydrogen-bond donors (Lipinski definition) is 0. The maximum atomic E-state index is 12.9. The third-order valence-corrected chi connectivity index (χ3v) is 7.22. The lowest BCUT2D eigenvalue weighted by atomic mass is 9.87. The fourth-order valence-corrected chi connectivity index (χ4v) is 4.26. The molecular weight excluding hydrogens is 472 g/mol. The standard InChI is InChI=1S/C25H31BrO4Si/c1-6-21-22(13-10-14-23(21)29-18-20-11-8-7-9-12-20)25(2,24(27)17-26)30-19-28-15-16-31(3,4)5/h1,7-14H,15-19H2,2-5H3/t25-/m1/s1. The third kappa shape index (κ3) is 7.32. The lowest BCUT2D eigenvalue weighted by Gasteiger charge is -2.30. The second-order valence-corrected chi connectivity index (χ2v) is 14.9. The summed E-state index contributed by atoms with van der Waals surface area (Å²) in [4.78, 5) is 12.9. The van der Waals surface area contributed by atoms with Gasteiger partial charge in [0.1, 0.15) is 19.1 Å². The highest BCUT2D eigenvalue weighted by atomic mass is 79.9. The summed E-state index contributed by atoms with van der Waals surface area (Å²) in [6.07, 6.45) is 5.85. The Morgan fingerprint density at radius 2 is 1.84 bits per heavy atom. The molecule has 0 radical (unpaired) electrons. The summed E-state index contributed by atoms with van der Waals surface area (Å²) in [5, 5.41) is 0.136. The van der Waals surface area contributed by atoms with Crippen molar-refractivity contribution in [2.45, 2.75) is 44.8 Å². The van der Waals surface area contributed by atoms with Gasteiger partial charge in [0.25, 0.3) is 0 Å². The quantitative estimate of drug-likeness (QED) is 0.122. The maximum Gasteiger partial charge on any atom is 0.179 e. The molecule has 4 nitrogen and oxygen atoms in total. The first-order valence-electron chi connectivity index (χ1n) is 10.3. The van der Waals surface area contributed by atoms with Crippen LogP contribution in [0.3, 0.4) is 0 Å². The van der Waals surface area contributed by atoms with E-state index in [1.165, 1.54) is 0 Å². The van der Waals surface area contributed by atoms with Crippen LogP contribution in [-0.4, -0.2) is 32.6 Å². The van der Waals surface area contributed by atoms with Gasteiger partial charge in [-0.2, -0.15) is 0 Å². The van der Waals surface area contributed by atoms with E-state index >= 15 is 0 Å². The highest BCUT2D eigenvalue weighted by molar-refractivity contribution is 9.09. The lowest BCUT2D eigenvalue weighted by Crippen LogP contribution is -2.38. The largest absolute Gasteiger partial charge is 0.488 e. The molecule has 2 aromatic rings. The summed E-state index contributed by atoms with van der Waals surface area (Å²) in [5.41, 5.74) is 0.884. The van der Waals surface area contributed by atoms with Crippen molar-refractivity contribution < 1.29 is 19.0 Å². The first-order chi connectivity index (χ1) is 14.7. The second-order valence-electron chi connectivity index (χ2n) is 8.67. The number of carbonyl (C=O) groups excluding carboxylic acids is 1. The van der Waals surface area contributed by atoms with Gasteiger partial charge in [0.15, 0.2) is 11.4 Å². The number of ether oxygens (including phenoxy) is 3. The molecule has 2 rings (SSSR count). The van der Waals surface area contributed by atoms with Crippen molar-refractivity contribution >= 4 is 29.8 Å². The molecule has 0 amide bonds. The van der Waals surface area contributed by atoms with Crippen LogP contribution >= 0.6 is 15.9 Å². The average Bonchev–Trinajstić information content (AvgIpc) is 2.76. The first kappa shape index (κ1) is 25.3. The van der Waals surface area contributed by atoms with Crippen LogP contribution in [0.15, 0.2) is 48.5 Å². The van der Waals surface area contributed by atoms with E-state index in [2.05, 4.69) is 41.5 Å². The van der Waals surface area contributed by atoms with Crippen molar-refractivity contribution in [1.29, 1.82) is 0 Å². The highest BCUT2D eigenvalue weighted by Crippen LogP contribution is 2.34. The van der Waals surface area contributed by atoms with Crippen molar-refractivity contribution in [1.82, 2.24) is 0 Å². The summed E-state index contributed by atoms with van der Waals surface area (Å²) < 4.78 is 17.7. The van der Waals surface area contributed by atoms with Crippen molar-refractivity contribution in [2.75, 3.05) is 18.7 Å². The number of benzene rings is 2. The smallest absolute Gasteiger partial charge is 0.179 e. The van der Waals surface area contributed by atoms with Crippen LogP contribution < -0.4 is 4.74 Å². The van der Waals surface area contributed by atoms with Gasteiger partial charge in [0, 0.05) is 20.2 Å². The van der Waals surface area contributed by atoms with E-state index in [1.54, 1.807) is 6.92 Å². The van der Waals surface area contributed by atoms with Crippen molar-refractivity contribution in [3.63, 3.8) is 0 Å². The summed E-state index contributed by atoms with van der Waals surface area (Å²) in [5.74, 6) is 3.10. The molecule has 0 aliphatic heterocycles. The zero-order valence-electron chi connectivity index (χ0n) is 18.7. The molecule has 0 aliphatic carbocycles. The molecule has 166 valence electrons. The van der Waals surface area contributed by atoms with Gasteiger partial charge in [-0.25, -0.2) is 0 Å². The Labute approximate surface area is 195 Å². The number of carbonyl (C=O) groups is 1. The Morgan fingerprint density at radius 1 is 1.13 bits per heavy atom. The molecule has 0 N–H and O–H groups in total. The predicted molar refractivity (Wildman–Crippen MR) is 131 cm³/mol. The minimum atomic E-state index is -1.25. The van der Waals surface area contributed by atoms with Crippen molar-refractivity contribution in [3.8, 4) is 18.1 Å². The van der Waals surface area contributed by atoms with Gasteiger partial charge >= 0.3 is 0 Å². The van der Waals surface area contributed by atoms with Crippen LogP contribution in [0.5, 0.6) is 5.75 Å². The number of hydrogen-bond acceptors (Lipinski definition) is 4. The monoisotopic (exact) mass is 502 g/mol. The number of rotatable bonds is 12. The van der Waals surface area contributed by atoms with Gasteiger partial charge in [-0.3, -0.25) is 4.79 Å². The molecule has 1 atom stereocenters. The average molecular weight is 504 g/mol. The lowest BCUT2D eigenvalue weighted by molar-refractivity contribution is -0.162. The number of Topliss-reactive ketones (excluding diaryl/α,β-unsaturated/α-hetero) is 1. The third-order valence-electron chi connectivity index (χ3n) is 5.00. The molecule has 0 unspecified atom stereocenters. The number of halogens is 1. The van der Waals surface area contributed by atoms with Crippen LogP contribution in [0.25, 0.3) is 0 Å². The van der Waals surface area contributed by atoms with Crippen LogP contribution in [-0.2, 0) is 26.5 Å². The van der Waals surface area contributed by atoms with E-state index in [-0.39, 0.29) is 17.9 Å². The van der Waals surface area contributed by atoms with Gasteiger partial charge in [-0.15, -0.1) is 6.42 Å². The molecule has 31 heavy (non-hydrogen) atoms. The molecule has 0 fully saturated rings. The topological polar surface area (TPSA) is 44.8 Å². The summed E-state index contributed by atoms with van der Waals surface area (Å²) >= 11 is 3.28. The van der Waals surface area contributed by atoms with Gasteiger partial charge in [0.05, 0.1) is 10.9 Å². The van der Waals surface area contributed by atoms with Gasteiger partial charge in [-0.1, -0.05) is 84.0 Å². The second kappa shape index (κ2) is 11.6. The summed E-state index contributed by atoms with van der Waals surface area (Å²) in [6.45, 7) is 9.59. The number of ketones is 1. The Kier molecular flexibility index (Phi) is 9.51. The minimum absolute atomic E-state index is 0.0127. The summed E-state index contributed by atoms with van der Waals surface area (Å²) in [6, 6.07) is 16.3. The molecule has 0 saturated heterocycles. The highest BCUT2D eigenvalue weighted by Gasteiger charge is 2.38. The van der Waals surface area contributed by atoms with Crippen LogP contribution in [0.4, 0.5) is 0 Å². The molecule has 6 heteroatoms. The Balaban J connectivity index is 2.23. The van der Waals surface area contributed by atoms with Crippen LogP contribution in [0.2, 0.25) is 25.7 Å². The Hall–Kier alpha value is -1.91. The fraction of sp³-hybridized carbons (Fsp3) is 0.400. The van der Waals surface area contributed by atoms with E-state index in [0.29, 0.717) is 30.1 Å². The molecule has 2 aromatic carbocycles. The molecule has 0 aromatic heterocycles. The zero-order valence-corrected chi connectivity index (χ0v) is 21.3. The van der Waals surface area contributed by atoms with Gasteiger partial charge < -0.3 is 14.2 Å². The van der Waals surface area contributed by atoms with E-state index in [9.17, 15) is 4.79 Å². The number of terminal acetylenes is 1. The molecular formula is C25H31BrO4Si. The molecule has 0 bridgehead atoms. The number of alkyl halides is 1. The predicted octanol–water partition coefficient (Wildman–Crippen LogP) is 5.76. The van der Waals surface area contributed by atoms with Gasteiger partial charge in [0.2, 0.25) is 0 Å².